The predicted octanol–water partition coefficient (Wildman–Crippen LogP) is 4.37. The van der Waals surface area contributed by atoms with E-state index in [1.54, 1.807) is 6.07 Å². The van der Waals surface area contributed by atoms with Crippen LogP contribution in [0.15, 0.2) is 40.9 Å². The highest BCUT2D eigenvalue weighted by Gasteiger charge is 2.68. The number of nitrogens with zero attached hydrogens (tertiary/aromatic N) is 2. The normalized spacial score (nSPS) is 33.8. The third kappa shape index (κ3) is 4.54. The molecule has 5 aliphatic rings. The molecule has 0 radical (unpaired) electrons. The first-order valence-corrected chi connectivity index (χ1v) is 16.3. The highest BCUT2D eigenvalue weighted by Crippen LogP contribution is 2.65. The van der Waals surface area contributed by atoms with Gasteiger partial charge in [0.05, 0.1) is 4.75 Å². The van der Waals surface area contributed by atoms with Crippen LogP contribution in [0.25, 0.3) is 0 Å². The van der Waals surface area contributed by atoms with Crippen LogP contribution in [0.4, 0.5) is 0 Å². The van der Waals surface area contributed by atoms with Crippen molar-refractivity contribution in [3.8, 4) is 0 Å². The van der Waals surface area contributed by atoms with Gasteiger partial charge < -0.3 is 15.2 Å². The number of aromatic nitrogens is 1. The number of hydrogen-bond acceptors (Lipinski definition) is 6. The van der Waals surface area contributed by atoms with Crippen molar-refractivity contribution in [2.45, 2.75) is 93.5 Å². The van der Waals surface area contributed by atoms with Crippen LogP contribution in [-0.2, 0) is 10.0 Å². The first-order valence-electron chi connectivity index (χ1n) is 14.9. The number of carbonyl (C=O) groups excluding carboxylic acids is 1. The highest BCUT2D eigenvalue weighted by molar-refractivity contribution is 7.90. The zero-order valence-corrected chi connectivity index (χ0v) is 23.5. The summed E-state index contributed by atoms with van der Waals surface area (Å²) in [4.78, 5) is 12.9. The number of hydrogen-bond donors (Lipinski definition) is 2. The lowest BCUT2D eigenvalue weighted by molar-refractivity contribution is 0.0821. The molecule has 1 amide bonds. The molecule has 8 nitrogen and oxygen atoms in total. The fourth-order valence-corrected chi connectivity index (χ4v) is 11.1. The Labute approximate surface area is 231 Å². The molecule has 1 saturated heterocycles. The maximum Gasteiger partial charge on any atom is 0.273 e. The van der Waals surface area contributed by atoms with Crippen molar-refractivity contribution >= 4 is 15.9 Å². The number of nitrogens with one attached hydrogen (secondary N) is 2. The smallest absolute Gasteiger partial charge is 0.273 e. The number of amides is 1. The lowest BCUT2D eigenvalue weighted by Gasteiger charge is -2.54. The van der Waals surface area contributed by atoms with Crippen LogP contribution in [0.3, 0.4) is 0 Å². The van der Waals surface area contributed by atoms with E-state index in [1.165, 1.54) is 5.56 Å². The summed E-state index contributed by atoms with van der Waals surface area (Å²) in [6.45, 7) is 3.38. The topological polar surface area (TPSA) is 105 Å². The second kappa shape index (κ2) is 9.70. The maximum absolute atomic E-state index is 14.1. The van der Waals surface area contributed by atoms with Crippen LogP contribution in [-0.4, -0.2) is 53.7 Å². The lowest BCUT2D eigenvalue weighted by Crippen LogP contribution is -2.62. The molecule has 210 valence electrons. The van der Waals surface area contributed by atoms with E-state index in [2.05, 4.69) is 47.0 Å². The average Bonchev–Trinajstić information content (AvgIpc) is 3.59. The van der Waals surface area contributed by atoms with Crippen molar-refractivity contribution in [2.75, 3.05) is 13.1 Å². The van der Waals surface area contributed by atoms with E-state index in [9.17, 15) is 13.2 Å². The lowest BCUT2D eigenvalue weighted by atomic mass is 9.63. The summed E-state index contributed by atoms with van der Waals surface area (Å²) >= 11 is 0. The first kappa shape index (κ1) is 25.7. The summed E-state index contributed by atoms with van der Waals surface area (Å²) in [6.07, 6.45) is 8.08. The Morgan fingerprint density at radius 2 is 1.82 bits per heavy atom. The van der Waals surface area contributed by atoms with Gasteiger partial charge in [0.2, 0.25) is 10.0 Å². The van der Waals surface area contributed by atoms with Gasteiger partial charge in [-0.1, -0.05) is 35.5 Å². The zero-order chi connectivity index (χ0) is 26.8. The molecule has 39 heavy (non-hydrogen) atoms. The molecule has 5 fully saturated rings. The second-order valence-electron chi connectivity index (χ2n) is 12.9. The minimum absolute atomic E-state index is 0.0769. The molecule has 9 heteroatoms. The van der Waals surface area contributed by atoms with Crippen LogP contribution >= 0.6 is 0 Å². The monoisotopic (exact) mass is 552 g/mol. The molecule has 4 aliphatic carbocycles. The first-order chi connectivity index (χ1) is 18.8. The molecule has 4 saturated carbocycles. The summed E-state index contributed by atoms with van der Waals surface area (Å²) in [6, 6.07) is 12.9. The number of benzene rings is 1. The van der Waals surface area contributed by atoms with Crippen molar-refractivity contribution in [3.05, 3.63) is 53.4 Å². The van der Waals surface area contributed by atoms with E-state index in [-0.39, 0.29) is 23.9 Å². The van der Waals surface area contributed by atoms with Crippen LogP contribution < -0.4 is 10.6 Å². The Morgan fingerprint density at radius 3 is 2.56 bits per heavy atom. The van der Waals surface area contributed by atoms with Crippen LogP contribution in [0.5, 0.6) is 0 Å². The summed E-state index contributed by atoms with van der Waals surface area (Å²) in [5, 5.41) is 10.9. The molecule has 2 N–H and O–H groups in total. The molecule has 2 bridgehead atoms. The van der Waals surface area contributed by atoms with Gasteiger partial charge in [-0.2, -0.15) is 0 Å². The van der Waals surface area contributed by atoms with Crippen molar-refractivity contribution < 1.29 is 17.7 Å². The number of fused-ring (bicyclic) bond motifs is 1. The molecular formula is C30H40N4O4S. The van der Waals surface area contributed by atoms with Crippen molar-refractivity contribution in [1.82, 2.24) is 20.1 Å². The number of rotatable bonds is 8. The Hall–Kier alpha value is -2.23. The fourth-order valence-electron chi connectivity index (χ4n) is 8.32. The molecule has 1 aliphatic heterocycles. The van der Waals surface area contributed by atoms with Gasteiger partial charge in [0.25, 0.3) is 5.91 Å². The van der Waals surface area contributed by atoms with Gasteiger partial charge in [0.1, 0.15) is 5.76 Å². The predicted molar refractivity (Wildman–Crippen MR) is 148 cm³/mol. The molecule has 1 aromatic carbocycles. The summed E-state index contributed by atoms with van der Waals surface area (Å²) in [7, 11) is -3.36. The third-order valence-electron chi connectivity index (χ3n) is 10.4. The molecule has 2 heterocycles. The van der Waals surface area contributed by atoms with Gasteiger partial charge in [0, 0.05) is 43.2 Å². The molecule has 2 aromatic rings. The van der Waals surface area contributed by atoms with Crippen molar-refractivity contribution in [1.29, 1.82) is 0 Å². The molecule has 7 rings (SSSR count). The van der Waals surface area contributed by atoms with E-state index < -0.39 is 14.8 Å². The van der Waals surface area contributed by atoms with E-state index in [0.717, 1.165) is 63.5 Å². The second-order valence-corrected chi connectivity index (χ2v) is 15.2. The largest absolute Gasteiger partial charge is 0.360 e. The molecular weight excluding hydrogens is 512 g/mol. The molecule has 2 unspecified atom stereocenters. The van der Waals surface area contributed by atoms with Crippen molar-refractivity contribution in [2.24, 2.45) is 17.8 Å². The number of sulfonamides is 1. The third-order valence-corrected chi connectivity index (χ3v) is 13.2. The minimum Gasteiger partial charge on any atom is -0.360 e. The van der Waals surface area contributed by atoms with E-state index in [0.29, 0.717) is 42.6 Å². The number of piperidine rings is 1. The Morgan fingerprint density at radius 1 is 1.05 bits per heavy atom. The van der Waals surface area contributed by atoms with Gasteiger partial charge in [-0.05, 0) is 88.0 Å². The van der Waals surface area contributed by atoms with Gasteiger partial charge in [-0.15, -0.1) is 0 Å². The highest BCUT2D eigenvalue weighted by atomic mass is 32.2. The Kier molecular flexibility index (Phi) is 6.40. The van der Waals surface area contributed by atoms with E-state index in [1.807, 2.05) is 10.4 Å². The van der Waals surface area contributed by atoms with E-state index >= 15 is 0 Å². The van der Waals surface area contributed by atoms with Gasteiger partial charge in [0.15, 0.2) is 5.69 Å². The van der Waals surface area contributed by atoms with E-state index in [4.69, 9.17) is 4.52 Å². The minimum atomic E-state index is -3.36. The van der Waals surface area contributed by atoms with Crippen LogP contribution in [0.1, 0.15) is 98.5 Å². The Bertz CT molecular complexity index is 1310. The SMILES string of the molecule is C[C@H](NC1CCN(S(=O)(=O)C23C[C@H]4CC2[C@H](C[C@@H](NC(=O)c2cc(C5CC5)on2)C4)C3)CC1)c1ccccc1. The summed E-state index contributed by atoms with van der Waals surface area (Å²) < 4.78 is 34.8. The quantitative estimate of drug-likeness (QED) is 0.504. The molecule has 6 atom stereocenters. The van der Waals surface area contributed by atoms with Crippen LogP contribution in [0, 0.1) is 17.8 Å². The van der Waals surface area contributed by atoms with Crippen molar-refractivity contribution in [3.63, 3.8) is 0 Å². The van der Waals surface area contributed by atoms with Crippen LogP contribution in [0.2, 0.25) is 0 Å². The average molecular weight is 553 g/mol. The van der Waals surface area contributed by atoms with Gasteiger partial charge in [-0.3, -0.25) is 4.79 Å². The fraction of sp³-hybridized carbons (Fsp3) is 0.667. The zero-order valence-electron chi connectivity index (χ0n) is 22.7. The standard InChI is InChI=1S/C30H40N4O4S/c1-19(21-5-3-2-4-6-21)31-24-9-11-34(12-10-24)39(36,37)30-17-20-13-25(15-23(18-30)26(30)14-20)32-29(35)27-16-28(38-33-27)22-7-8-22/h2-6,16,19-20,22-26,31H,7-15,17-18H2,1H3,(H,32,35)/t19-,20+,23+,25-,26?,30?/m0/s1. The molecule has 1 aromatic heterocycles. The molecule has 0 spiro atoms. The maximum atomic E-state index is 14.1. The Balaban J connectivity index is 0.954. The number of carbonyl (C=O) groups is 1. The summed E-state index contributed by atoms with van der Waals surface area (Å²) in [5.74, 6) is 2.01. The summed E-state index contributed by atoms with van der Waals surface area (Å²) in [5.41, 5.74) is 1.63. The van der Waals surface area contributed by atoms with Gasteiger partial charge >= 0.3 is 0 Å². The van der Waals surface area contributed by atoms with Gasteiger partial charge in [-0.25, -0.2) is 12.7 Å².